The number of carbonyl (C=O) groups is 1. The molecule has 1 aliphatic rings. The Bertz CT molecular complexity index is 260. The van der Waals surface area contributed by atoms with Gasteiger partial charge in [-0.2, -0.15) is 13.2 Å². The molecule has 0 aromatic rings. The quantitative estimate of drug-likeness (QED) is 0.733. The van der Waals surface area contributed by atoms with Gasteiger partial charge in [0.15, 0.2) is 0 Å². The van der Waals surface area contributed by atoms with Crippen molar-refractivity contribution in [3.63, 3.8) is 0 Å². The molecular weight excluding hydrogens is 233 g/mol. The monoisotopic (exact) mass is 252 g/mol. The highest BCUT2D eigenvalue weighted by Gasteiger charge is 2.35. The van der Waals surface area contributed by atoms with Gasteiger partial charge in [-0.1, -0.05) is 0 Å². The second kappa shape index (κ2) is 5.71. The molecule has 1 unspecified atom stereocenters. The van der Waals surface area contributed by atoms with Gasteiger partial charge in [-0.3, -0.25) is 4.79 Å². The number of hydrogen-bond acceptors (Lipinski definition) is 2. The average molecular weight is 252 g/mol. The molecule has 1 saturated heterocycles. The summed E-state index contributed by atoms with van der Waals surface area (Å²) in [5.74, 6) is -0.0606. The van der Waals surface area contributed by atoms with Gasteiger partial charge in [0, 0.05) is 19.5 Å². The lowest BCUT2D eigenvalue weighted by Gasteiger charge is -2.21. The largest absolute Gasteiger partial charge is 0.389 e. The van der Waals surface area contributed by atoms with E-state index in [0.717, 1.165) is 13.0 Å². The lowest BCUT2D eigenvalue weighted by Crippen LogP contribution is -2.40. The number of unbranched alkanes of at least 4 members (excludes halogenated alkanes) is 1. The summed E-state index contributed by atoms with van der Waals surface area (Å²) in [5.41, 5.74) is -0.399. The van der Waals surface area contributed by atoms with E-state index in [4.69, 9.17) is 0 Å². The minimum atomic E-state index is -4.09. The first-order chi connectivity index (χ1) is 7.83. The molecular formula is C11H19F3N2O. The summed E-state index contributed by atoms with van der Waals surface area (Å²) in [5, 5.41) is 5.81. The van der Waals surface area contributed by atoms with Crippen molar-refractivity contribution in [3.05, 3.63) is 0 Å². The fraction of sp³-hybridized carbons (Fsp3) is 0.909. The van der Waals surface area contributed by atoms with Crippen LogP contribution < -0.4 is 10.6 Å². The number of amides is 1. The van der Waals surface area contributed by atoms with E-state index in [9.17, 15) is 18.0 Å². The van der Waals surface area contributed by atoms with Crippen LogP contribution in [0.5, 0.6) is 0 Å². The fourth-order valence-electron chi connectivity index (χ4n) is 1.88. The molecule has 0 bridgehead atoms. The molecule has 0 aliphatic carbocycles. The Labute approximate surface area is 99.1 Å². The lowest BCUT2D eigenvalue weighted by molar-refractivity contribution is -0.135. The molecule has 3 nitrogen and oxygen atoms in total. The predicted molar refractivity (Wildman–Crippen MR) is 58.5 cm³/mol. The van der Waals surface area contributed by atoms with Crippen LogP contribution in [-0.2, 0) is 4.79 Å². The third-order valence-electron chi connectivity index (χ3n) is 3.09. The predicted octanol–water partition coefficient (Wildman–Crippen LogP) is 1.83. The zero-order chi connectivity index (χ0) is 12.9. The summed E-state index contributed by atoms with van der Waals surface area (Å²) in [6, 6.07) is 0. The van der Waals surface area contributed by atoms with E-state index in [1.165, 1.54) is 0 Å². The summed E-state index contributed by atoms with van der Waals surface area (Å²) in [7, 11) is 0. The molecule has 1 heterocycles. The van der Waals surface area contributed by atoms with Crippen LogP contribution in [0.15, 0.2) is 0 Å². The zero-order valence-electron chi connectivity index (χ0n) is 9.99. The van der Waals surface area contributed by atoms with E-state index in [1.807, 2.05) is 6.92 Å². The van der Waals surface area contributed by atoms with E-state index in [2.05, 4.69) is 10.6 Å². The minimum Gasteiger partial charge on any atom is -0.356 e. The Morgan fingerprint density at radius 3 is 2.65 bits per heavy atom. The minimum absolute atomic E-state index is 0.0606. The molecule has 0 aromatic heterocycles. The van der Waals surface area contributed by atoms with Gasteiger partial charge in [0.05, 0.1) is 5.41 Å². The van der Waals surface area contributed by atoms with Gasteiger partial charge in [0.1, 0.15) is 0 Å². The molecule has 1 atom stereocenters. The third-order valence-corrected chi connectivity index (χ3v) is 3.09. The molecule has 100 valence electrons. The molecule has 17 heavy (non-hydrogen) atoms. The van der Waals surface area contributed by atoms with Crippen LogP contribution in [0.4, 0.5) is 13.2 Å². The Hall–Kier alpha value is -0.780. The number of rotatable bonds is 5. The van der Waals surface area contributed by atoms with Crippen molar-refractivity contribution in [2.24, 2.45) is 5.41 Å². The van der Waals surface area contributed by atoms with Crippen molar-refractivity contribution in [2.75, 3.05) is 19.6 Å². The summed E-state index contributed by atoms with van der Waals surface area (Å²) in [4.78, 5) is 11.8. The highest BCUT2D eigenvalue weighted by Crippen LogP contribution is 2.24. The topological polar surface area (TPSA) is 41.1 Å². The van der Waals surface area contributed by atoms with E-state index < -0.39 is 18.0 Å². The SMILES string of the molecule is CC1(C(=O)NCCCCC(F)(F)F)CCNC1. The number of alkyl halides is 3. The van der Waals surface area contributed by atoms with Crippen molar-refractivity contribution in [2.45, 2.75) is 38.8 Å². The zero-order valence-corrected chi connectivity index (χ0v) is 9.99. The number of nitrogens with one attached hydrogen (secondary N) is 2. The Kier molecular flexibility index (Phi) is 4.80. The van der Waals surface area contributed by atoms with Gasteiger partial charge in [0.25, 0.3) is 0 Å². The molecule has 2 N–H and O–H groups in total. The maximum absolute atomic E-state index is 11.9. The average Bonchev–Trinajstić information content (AvgIpc) is 2.64. The standard InChI is InChI=1S/C11H19F3N2O/c1-10(5-7-15-8-10)9(17)16-6-3-2-4-11(12,13)14/h15H,2-8H2,1H3,(H,16,17). The molecule has 6 heteroatoms. The third kappa shape index (κ3) is 4.93. The van der Waals surface area contributed by atoms with Gasteiger partial charge in [-0.05, 0) is 32.7 Å². The summed E-state index contributed by atoms with van der Waals surface area (Å²) in [6.07, 6.45) is -3.65. The van der Waals surface area contributed by atoms with E-state index >= 15 is 0 Å². The molecule has 0 spiro atoms. The molecule has 0 aromatic carbocycles. The second-order valence-electron chi connectivity index (χ2n) is 4.82. The van der Waals surface area contributed by atoms with Crippen molar-refractivity contribution < 1.29 is 18.0 Å². The van der Waals surface area contributed by atoms with Crippen LogP contribution in [0, 0.1) is 5.41 Å². The number of halogens is 3. The van der Waals surface area contributed by atoms with Gasteiger partial charge >= 0.3 is 6.18 Å². The first-order valence-corrected chi connectivity index (χ1v) is 5.89. The van der Waals surface area contributed by atoms with Crippen molar-refractivity contribution >= 4 is 5.91 Å². The number of carbonyl (C=O) groups excluding carboxylic acids is 1. The van der Waals surface area contributed by atoms with Crippen LogP contribution in [-0.4, -0.2) is 31.7 Å². The van der Waals surface area contributed by atoms with Crippen LogP contribution >= 0.6 is 0 Å². The lowest BCUT2D eigenvalue weighted by atomic mass is 9.89. The smallest absolute Gasteiger partial charge is 0.356 e. The fourth-order valence-corrected chi connectivity index (χ4v) is 1.88. The van der Waals surface area contributed by atoms with E-state index in [-0.39, 0.29) is 12.3 Å². The van der Waals surface area contributed by atoms with Crippen LogP contribution in [0.25, 0.3) is 0 Å². The highest BCUT2D eigenvalue weighted by molar-refractivity contribution is 5.82. The molecule has 0 radical (unpaired) electrons. The van der Waals surface area contributed by atoms with Gasteiger partial charge in [-0.25, -0.2) is 0 Å². The molecule has 0 saturated carbocycles. The Morgan fingerprint density at radius 2 is 2.12 bits per heavy atom. The first-order valence-electron chi connectivity index (χ1n) is 5.89. The molecule has 1 aliphatic heterocycles. The van der Waals surface area contributed by atoms with Gasteiger partial charge < -0.3 is 10.6 Å². The molecule has 1 fully saturated rings. The highest BCUT2D eigenvalue weighted by atomic mass is 19.4. The normalized spacial score (nSPS) is 24.9. The van der Waals surface area contributed by atoms with Crippen LogP contribution in [0.3, 0.4) is 0 Å². The van der Waals surface area contributed by atoms with E-state index in [1.54, 1.807) is 0 Å². The van der Waals surface area contributed by atoms with Crippen molar-refractivity contribution in [3.8, 4) is 0 Å². The van der Waals surface area contributed by atoms with Crippen LogP contribution in [0.2, 0.25) is 0 Å². The van der Waals surface area contributed by atoms with Gasteiger partial charge in [0.2, 0.25) is 5.91 Å². The Balaban J connectivity index is 2.12. The maximum Gasteiger partial charge on any atom is 0.389 e. The van der Waals surface area contributed by atoms with Crippen molar-refractivity contribution in [1.82, 2.24) is 10.6 Å². The summed E-state index contributed by atoms with van der Waals surface area (Å²) in [6.45, 7) is 3.65. The second-order valence-corrected chi connectivity index (χ2v) is 4.82. The molecule has 1 rings (SSSR count). The van der Waals surface area contributed by atoms with E-state index in [0.29, 0.717) is 19.5 Å². The maximum atomic E-state index is 11.9. The summed E-state index contributed by atoms with van der Waals surface area (Å²) >= 11 is 0. The van der Waals surface area contributed by atoms with Crippen LogP contribution in [0.1, 0.15) is 32.6 Å². The van der Waals surface area contributed by atoms with Crippen molar-refractivity contribution in [1.29, 1.82) is 0 Å². The summed E-state index contributed by atoms with van der Waals surface area (Å²) < 4.78 is 35.6. The van der Waals surface area contributed by atoms with Gasteiger partial charge in [-0.15, -0.1) is 0 Å². The molecule has 1 amide bonds. The Morgan fingerprint density at radius 1 is 1.41 bits per heavy atom. The number of hydrogen-bond donors (Lipinski definition) is 2. The first kappa shape index (κ1) is 14.3.